The zero-order chi connectivity index (χ0) is 20.0. The summed E-state index contributed by atoms with van der Waals surface area (Å²) in [5.41, 5.74) is 5.65. The van der Waals surface area contributed by atoms with Gasteiger partial charge in [0, 0.05) is 22.0 Å². The van der Waals surface area contributed by atoms with Crippen molar-refractivity contribution in [1.82, 2.24) is 0 Å². The SMILES string of the molecule is O=C(O)C1C2CC(=NNc3ccccc3Br)C(c3cc(O)ccc32)C1C(=O)O. The van der Waals surface area contributed by atoms with Gasteiger partial charge in [0.2, 0.25) is 0 Å². The number of hydrogen-bond donors (Lipinski definition) is 4. The van der Waals surface area contributed by atoms with Gasteiger partial charge in [-0.25, -0.2) is 0 Å². The molecule has 0 amide bonds. The Morgan fingerprint density at radius 2 is 1.75 bits per heavy atom. The van der Waals surface area contributed by atoms with E-state index in [9.17, 15) is 24.9 Å². The van der Waals surface area contributed by atoms with Gasteiger partial charge >= 0.3 is 11.9 Å². The average Bonchev–Trinajstić information content (AvgIpc) is 2.66. The smallest absolute Gasteiger partial charge is 0.308 e. The standard InChI is InChI=1S/C20H17BrN2O5/c21-13-3-1-2-4-14(13)22-23-15-8-12-10-6-5-9(24)7-11(10)16(15)18(20(27)28)17(12)19(25)26/h1-7,12,16-18,22,24H,8H2,(H,25,26)(H,27,28). The van der Waals surface area contributed by atoms with Gasteiger partial charge < -0.3 is 15.3 Å². The summed E-state index contributed by atoms with van der Waals surface area (Å²) in [6.45, 7) is 0. The molecule has 0 saturated heterocycles. The average molecular weight is 445 g/mol. The molecule has 0 radical (unpaired) electrons. The Kier molecular flexibility index (Phi) is 4.58. The zero-order valence-electron chi connectivity index (χ0n) is 14.5. The second-order valence-electron chi connectivity index (χ2n) is 7.02. The lowest BCUT2D eigenvalue weighted by atomic mass is 9.55. The van der Waals surface area contributed by atoms with Crippen molar-refractivity contribution in [1.29, 1.82) is 0 Å². The van der Waals surface area contributed by atoms with E-state index in [2.05, 4.69) is 26.5 Å². The number of rotatable bonds is 4. The lowest BCUT2D eigenvalue weighted by molar-refractivity contribution is -0.156. The normalized spacial score (nSPS) is 26.7. The number of anilines is 1. The Hall–Kier alpha value is -2.87. The lowest BCUT2D eigenvalue weighted by Gasteiger charge is -2.46. The third-order valence-corrected chi connectivity index (χ3v) is 6.23. The molecule has 28 heavy (non-hydrogen) atoms. The summed E-state index contributed by atoms with van der Waals surface area (Å²) in [5.74, 6) is -5.71. The van der Waals surface area contributed by atoms with E-state index in [1.165, 1.54) is 12.1 Å². The van der Waals surface area contributed by atoms with E-state index in [1.807, 2.05) is 24.3 Å². The summed E-state index contributed by atoms with van der Waals surface area (Å²) in [4.78, 5) is 23.9. The Morgan fingerprint density at radius 1 is 1.04 bits per heavy atom. The van der Waals surface area contributed by atoms with Crippen LogP contribution in [-0.2, 0) is 9.59 Å². The molecule has 1 saturated carbocycles. The molecule has 0 aromatic heterocycles. The van der Waals surface area contributed by atoms with Crippen molar-refractivity contribution in [3.05, 3.63) is 58.1 Å². The van der Waals surface area contributed by atoms with Crippen LogP contribution in [0, 0.1) is 11.8 Å². The number of carboxylic acids is 2. The number of benzene rings is 2. The second-order valence-corrected chi connectivity index (χ2v) is 7.88. The van der Waals surface area contributed by atoms with Crippen molar-refractivity contribution < 1.29 is 24.9 Å². The zero-order valence-corrected chi connectivity index (χ0v) is 16.1. The number of aromatic hydroxyl groups is 1. The highest BCUT2D eigenvalue weighted by Crippen LogP contribution is 2.55. The molecule has 2 bridgehead atoms. The van der Waals surface area contributed by atoms with Crippen LogP contribution in [0.2, 0.25) is 0 Å². The molecule has 5 rings (SSSR count). The number of phenolic OH excluding ortho intramolecular Hbond substituents is 1. The predicted octanol–water partition coefficient (Wildman–Crippen LogP) is 3.61. The highest BCUT2D eigenvalue weighted by Gasteiger charge is 2.56. The van der Waals surface area contributed by atoms with Crippen LogP contribution in [0.25, 0.3) is 0 Å². The van der Waals surface area contributed by atoms with E-state index in [1.54, 1.807) is 6.07 Å². The van der Waals surface area contributed by atoms with Gasteiger partial charge in [-0.2, -0.15) is 5.10 Å². The van der Waals surface area contributed by atoms with Gasteiger partial charge in [0.15, 0.2) is 0 Å². The van der Waals surface area contributed by atoms with Crippen LogP contribution < -0.4 is 5.43 Å². The molecule has 2 aromatic rings. The van der Waals surface area contributed by atoms with Crippen molar-refractivity contribution in [3.63, 3.8) is 0 Å². The quantitative estimate of drug-likeness (QED) is 0.534. The number of nitrogens with zero attached hydrogens (tertiary/aromatic N) is 1. The van der Waals surface area contributed by atoms with Crippen molar-refractivity contribution in [3.8, 4) is 5.75 Å². The Labute approximate surface area is 168 Å². The van der Waals surface area contributed by atoms with Crippen LogP contribution in [0.4, 0.5) is 5.69 Å². The summed E-state index contributed by atoms with van der Waals surface area (Å²) >= 11 is 3.42. The van der Waals surface area contributed by atoms with Crippen LogP contribution in [0.15, 0.2) is 52.0 Å². The lowest BCUT2D eigenvalue weighted by Crippen LogP contribution is -2.50. The van der Waals surface area contributed by atoms with Crippen molar-refractivity contribution in [2.75, 3.05) is 5.43 Å². The summed E-state index contributed by atoms with van der Waals surface area (Å²) in [5, 5.41) is 33.9. The second kappa shape index (κ2) is 6.94. The number of phenols is 1. The van der Waals surface area contributed by atoms with Crippen LogP contribution in [0.3, 0.4) is 0 Å². The van der Waals surface area contributed by atoms with Crippen molar-refractivity contribution in [2.24, 2.45) is 16.9 Å². The summed E-state index contributed by atoms with van der Waals surface area (Å²) in [6, 6.07) is 12.1. The molecule has 7 nitrogen and oxygen atoms in total. The number of carboxylic acid groups (broad SMARTS) is 2. The maximum Gasteiger partial charge on any atom is 0.308 e. The first-order valence-electron chi connectivity index (χ1n) is 8.74. The van der Waals surface area contributed by atoms with Gasteiger partial charge in [-0.3, -0.25) is 15.0 Å². The monoisotopic (exact) mass is 444 g/mol. The molecule has 8 heteroatoms. The fraction of sp³-hybridized carbons (Fsp3) is 0.250. The molecular formula is C20H17BrN2O5. The van der Waals surface area contributed by atoms with E-state index >= 15 is 0 Å². The maximum absolute atomic E-state index is 12.0. The predicted molar refractivity (Wildman–Crippen MR) is 106 cm³/mol. The van der Waals surface area contributed by atoms with Crippen molar-refractivity contribution in [2.45, 2.75) is 18.3 Å². The summed E-state index contributed by atoms with van der Waals surface area (Å²) in [7, 11) is 0. The highest BCUT2D eigenvalue weighted by atomic mass is 79.9. The number of halogens is 1. The first-order valence-corrected chi connectivity index (χ1v) is 9.53. The number of para-hydroxylation sites is 1. The molecule has 0 spiro atoms. The van der Waals surface area contributed by atoms with Crippen LogP contribution in [0.1, 0.15) is 29.4 Å². The summed E-state index contributed by atoms with van der Waals surface area (Å²) < 4.78 is 0.802. The molecule has 4 unspecified atom stereocenters. The van der Waals surface area contributed by atoms with Gasteiger partial charge in [0.1, 0.15) is 5.75 Å². The van der Waals surface area contributed by atoms with Gasteiger partial charge in [-0.15, -0.1) is 0 Å². The van der Waals surface area contributed by atoms with Crippen LogP contribution >= 0.6 is 15.9 Å². The van der Waals surface area contributed by atoms with Gasteiger partial charge in [0.25, 0.3) is 0 Å². The molecule has 0 heterocycles. The number of hydrazone groups is 1. The fourth-order valence-electron chi connectivity index (χ4n) is 4.41. The largest absolute Gasteiger partial charge is 0.508 e. The molecule has 3 aliphatic carbocycles. The molecule has 144 valence electrons. The minimum absolute atomic E-state index is 0.0143. The Morgan fingerprint density at radius 3 is 2.43 bits per heavy atom. The van der Waals surface area contributed by atoms with Crippen LogP contribution in [0.5, 0.6) is 5.75 Å². The van der Waals surface area contributed by atoms with Gasteiger partial charge in [0.05, 0.1) is 17.5 Å². The number of aliphatic carboxylic acids is 2. The minimum atomic E-state index is -1.18. The number of fused-ring (bicyclic) bond motifs is 2. The molecule has 1 fully saturated rings. The first-order chi connectivity index (χ1) is 13.4. The van der Waals surface area contributed by atoms with E-state index in [0.29, 0.717) is 23.4 Å². The van der Waals surface area contributed by atoms with Crippen molar-refractivity contribution >= 4 is 39.3 Å². The molecular weight excluding hydrogens is 428 g/mol. The maximum atomic E-state index is 12.0. The number of hydrogen-bond acceptors (Lipinski definition) is 5. The molecule has 3 aliphatic rings. The highest BCUT2D eigenvalue weighted by molar-refractivity contribution is 9.10. The Bertz CT molecular complexity index is 1010. The third-order valence-electron chi connectivity index (χ3n) is 5.54. The number of nitrogens with one attached hydrogen (secondary N) is 1. The molecule has 0 aliphatic heterocycles. The summed E-state index contributed by atoms with van der Waals surface area (Å²) in [6.07, 6.45) is 0.348. The molecule has 4 N–H and O–H groups in total. The fourth-order valence-corrected chi connectivity index (χ4v) is 4.78. The first kappa shape index (κ1) is 18.5. The molecule has 2 aromatic carbocycles. The topological polar surface area (TPSA) is 119 Å². The van der Waals surface area contributed by atoms with Gasteiger partial charge in [-0.05, 0) is 57.7 Å². The number of carbonyl (C=O) groups is 2. The van der Waals surface area contributed by atoms with Gasteiger partial charge in [-0.1, -0.05) is 18.2 Å². The Balaban J connectivity index is 1.81. The molecule has 4 atom stereocenters. The van der Waals surface area contributed by atoms with E-state index < -0.39 is 35.6 Å². The van der Waals surface area contributed by atoms with E-state index in [0.717, 1.165) is 10.0 Å². The third kappa shape index (κ3) is 2.93. The van der Waals surface area contributed by atoms with Crippen LogP contribution in [-0.4, -0.2) is 33.0 Å². The minimum Gasteiger partial charge on any atom is -0.508 e. The van der Waals surface area contributed by atoms with E-state index in [-0.39, 0.29) is 5.75 Å². The van der Waals surface area contributed by atoms with E-state index in [4.69, 9.17) is 0 Å².